The summed E-state index contributed by atoms with van der Waals surface area (Å²) in [7, 11) is 3.01. The number of ether oxygens (including phenoxy) is 4. The summed E-state index contributed by atoms with van der Waals surface area (Å²) in [4.78, 5) is 25.1. The summed E-state index contributed by atoms with van der Waals surface area (Å²) in [5.41, 5.74) is 3.77. The third-order valence-corrected chi connectivity index (χ3v) is 5.13. The molecule has 35 heavy (non-hydrogen) atoms. The van der Waals surface area contributed by atoms with Crippen LogP contribution in [-0.2, 0) is 0 Å². The topological polar surface area (TPSA) is 95.5 Å². The van der Waals surface area contributed by atoms with Crippen LogP contribution in [0.5, 0.6) is 23.0 Å². The van der Waals surface area contributed by atoms with Gasteiger partial charge in [-0.3, -0.25) is 4.79 Å². The number of esters is 1. The molecule has 3 aromatic rings. The van der Waals surface area contributed by atoms with E-state index in [9.17, 15) is 9.59 Å². The highest BCUT2D eigenvalue weighted by atomic mass is 79.9. The standard InChI is InChI=1S/C26H23BrN2O6/c1-4-13-34-22-12-8-19(27)15-21(22)25(30)29-28-16-17-5-11-23(24(14-17)33-3)35-26(31)18-6-9-20(32-2)10-7-18/h4-12,14-16H,1,13H2,2-3H3,(H,29,30)/b28-16-. The van der Waals surface area contributed by atoms with E-state index in [-0.39, 0.29) is 12.4 Å². The Morgan fingerprint density at radius 2 is 1.71 bits per heavy atom. The summed E-state index contributed by atoms with van der Waals surface area (Å²) in [5.74, 6) is 0.629. The van der Waals surface area contributed by atoms with Crippen LogP contribution in [0.3, 0.4) is 0 Å². The average molecular weight is 539 g/mol. The van der Waals surface area contributed by atoms with Crippen molar-refractivity contribution >= 4 is 34.0 Å². The van der Waals surface area contributed by atoms with Crippen molar-refractivity contribution in [2.45, 2.75) is 0 Å². The van der Waals surface area contributed by atoms with E-state index in [0.717, 1.165) is 4.47 Å². The van der Waals surface area contributed by atoms with E-state index in [1.165, 1.54) is 13.3 Å². The van der Waals surface area contributed by atoms with Crippen molar-refractivity contribution in [2.75, 3.05) is 20.8 Å². The molecule has 0 saturated carbocycles. The summed E-state index contributed by atoms with van der Waals surface area (Å²) in [5, 5.41) is 4.01. The van der Waals surface area contributed by atoms with E-state index >= 15 is 0 Å². The number of hydrogen-bond donors (Lipinski definition) is 1. The van der Waals surface area contributed by atoms with Gasteiger partial charge < -0.3 is 18.9 Å². The summed E-state index contributed by atoms with van der Waals surface area (Å²) >= 11 is 3.35. The maximum atomic E-state index is 12.6. The predicted octanol–water partition coefficient (Wildman–Crippen LogP) is 5.01. The highest BCUT2D eigenvalue weighted by molar-refractivity contribution is 9.10. The zero-order chi connectivity index (χ0) is 25.2. The van der Waals surface area contributed by atoms with Crippen molar-refractivity contribution in [1.82, 2.24) is 5.43 Å². The Bertz CT molecular complexity index is 1240. The number of nitrogens with one attached hydrogen (secondary N) is 1. The van der Waals surface area contributed by atoms with Crippen LogP contribution in [0.2, 0.25) is 0 Å². The molecular formula is C26H23BrN2O6. The van der Waals surface area contributed by atoms with E-state index < -0.39 is 11.9 Å². The quantitative estimate of drug-likeness (QED) is 0.128. The largest absolute Gasteiger partial charge is 0.497 e. The minimum Gasteiger partial charge on any atom is -0.497 e. The number of hydrazone groups is 1. The Kier molecular flexibility index (Phi) is 9.02. The maximum Gasteiger partial charge on any atom is 0.343 e. The minimum atomic E-state index is -0.539. The Morgan fingerprint density at radius 1 is 0.971 bits per heavy atom. The lowest BCUT2D eigenvalue weighted by Crippen LogP contribution is -2.19. The molecule has 3 rings (SSSR count). The first-order valence-corrected chi connectivity index (χ1v) is 11.2. The number of carbonyl (C=O) groups excluding carboxylic acids is 2. The van der Waals surface area contributed by atoms with Crippen LogP contribution in [0.1, 0.15) is 26.3 Å². The van der Waals surface area contributed by atoms with Crippen LogP contribution in [0, 0.1) is 0 Å². The van der Waals surface area contributed by atoms with Gasteiger partial charge in [0.2, 0.25) is 0 Å². The second kappa shape index (κ2) is 12.4. The van der Waals surface area contributed by atoms with Gasteiger partial charge in [0.15, 0.2) is 11.5 Å². The van der Waals surface area contributed by atoms with E-state index in [1.807, 2.05) is 0 Å². The predicted molar refractivity (Wildman–Crippen MR) is 136 cm³/mol. The molecule has 0 unspecified atom stereocenters. The number of rotatable bonds is 10. The second-order valence-corrected chi connectivity index (χ2v) is 7.88. The first kappa shape index (κ1) is 25.5. The molecule has 1 N–H and O–H groups in total. The van der Waals surface area contributed by atoms with Crippen molar-refractivity contribution < 1.29 is 28.5 Å². The van der Waals surface area contributed by atoms with Crippen LogP contribution < -0.4 is 24.4 Å². The normalized spacial score (nSPS) is 10.5. The zero-order valence-electron chi connectivity index (χ0n) is 19.1. The third kappa shape index (κ3) is 6.94. The molecule has 0 radical (unpaired) electrons. The fraction of sp³-hybridized carbons (Fsp3) is 0.115. The zero-order valence-corrected chi connectivity index (χ0v) is 20.7. The van der Waals surface area contributed by atoms with Crippen LogP contribution in [-0.4, -0.2) is 38.9 Å². The average Bonchev–Trinajstić information content (AvgIpc) is 2.88. The van der Waals surface area contributed by atoms with E-state index in [1.54, 1.807) is 73.8 Å². The van der Waals surface area contributed by atoms with Gasteiger partial charge in [-0.05, 0) is 66.2 Å². The Balaban J connectivity index is 1.68. The van der Waals surface area contributed by atoms with Crippen molar-refractivity contribution in [3.05, 3.63) is 94.5 Å². The summed E-state index contributed by atoms with van der Waals surface area (Å²) in [6.07, 6.45) is 3.03. The van der Waals surface area contributed by atoms with Crippen LogP contribution in [0.4, 0.5) is 0 Å². The van der Waals surface area contributed by atoms with E-state index in [0.29, 0.717) is 33.9 Å². The Hall–Kier alpha value is -4.11. The van der Waals surface area contributed by atoms with E-state index in [4.69, 9.17) is 18.9 Å². The lowest BCUT2D eigenvalue weighted by molar-refractivity contribution is 0.0729. The van der Waals surface area contributed by atoms with E-state index in [2.05, 4.69) is 33.0 Å². The van der Waals surface area contributed by atoms with Crippen molar-refractivity contribution in [3.8, 4) is 23.0 Å². The first-order valence-electron chi connectivity index (χ1n) is 10.4. The number of hydrogen-bond acceptors (Lipinski definition) is 7. The first-order chi connectivity index (χ1) is 16.9. The Labute approximate surface area is 211 Å². The smallest absolute Gasteiger partial charge is 0.343 e. The van der Waals surface area contributed by atoms with Crippen molar-refractivity contribution in [1.29, 1.82) is 0 Å². The monoisotopic (exact) mass is 538 g/mol. The highest BCUT2D eigenvalue weighted by Crippen LogP contribution is 2.29. The van der Waals surface area contributed by atoms with Crippen LogP contribution in [0.15, 0.2) is 82.9 Å². The number of nitrogens with zero attached hydrogens (tertiary/aromatic N) is 1. The van der Waals surface area contributed by atoms with Gasteiger partial charge in [0.25, 0.3) is 5.91 Å². The summed E-state index contributed by atoms with van der Waals surface area (Å²) in [6.45, 7) is 3.87. The van der Waals surface area contributed by atoms with Gasteiger partial charge in [-0.1, -0.05) is 28.6 Å². The molecule has 0 atom stereocenters. The third-order valence-electron chi connectivity index (χ3n) is 4.64. The number of amides is 1. The van der Waals surface area contributed by atoms with Gasteiger partial charge in [0, 0.05) is 4.47 Å². The van der Waals surface area contributed by atoms with Crippen molar-refractivity contribution in [3.63, 3.8) is 0 Å². The summed E-state index contributed by atoms with van der Waals surface area (Å²) < 4.78 is 22.2. The van der Waals surface area contributed by atoms with Gasteiger partial charge in [-0.2, -0.15) is 5.10 Å². The molecular weight excluding hydrogens is 516 g/mol. The van der Waals surface area contributed by atoms with Gasteiger partial charge >= 0.3 is 5.97 Å². The molecule has 1 amide bonds. The lowest BCUT2D eigenvalue weighted by Gasteiger charge is -2.10. The molecule has 3 aromatic carbocycles. The molecule has 0 aliphatic rings. The molecule has 0 bridgehead atoms. The van der Waals surface area contributed by atoms with Crippen molar-refractivity contribution in [2.24, 2.45) is 5.10 Å². The molecule has 8 nitrogen and oxygen atoms in total. The number of carbonyl (C=O) groups is 2. The van der Waals surface area contributed by atoms with Gasteiger partial charge in [0.05, 0.1) is 31.6 Å². The Morgan fingerprint density at radius 3 is 2.40 bits per heavy atom. The molecule has 0 heterocycles. The lowest BCUT2D eigenvalue weighted by atomic mass is 10.2. The molecule has 0 aliphatic heterocycles. The second-order valence-electron chi connectivity index (χ2n) is 6.97. The van der Waals surface area contributed by atoms with Gasteiger partial charge in [0.1, 0.15) is 18.1 Å². The van der Waals surface area contributed by atoms with Gasteiger partial charge in [-0.15, -0.1) is 0 Å². The van der Waals surface area contributed by atoms with Crippen LogP contribution >= 0.6 is 15.9 Å². The molecule has 0 saturated heterocycles. The molecule has 9 heteroatoms. The highest BCUT2D eigenvalue weighted by Gasteiger charge is 2.14. The number of halogens is 1. The maximum absolute atomic E-state index is 12.6. The molecule has 0 spiro atoms. The number of methoxy groups -OCH3 is 2. The molecule has 0 aliphatic carbocycles. The summed E-state index contributed by atoms with van der Waals surface area (Å²) in [6, 6.07) is 16.5. The molecule has 0 aromatic heterocycles. The molecule has 180 valence electrons. The minimum absolute atomic E-state index is 0.243. The molecule has 0 fully saturated rings. The van der Waals surface area contributed by atoms with Crippen LogP contribution in [0.25, 0.3) is 0 Å². The fourth-order valence-electron chi connectivity index (χ4n) is 2.91. The van der Waals surface area contributed by atoms with Gasteiger partial charge in [-0.25, -0.2) is 10.2 Å². The fourth-order valence-corrected chi connectivity index (χ4v) is 3.28. The number of benzene rings is 3. The SMILES string of the molecule is C=CCOc1ccc(Br)cc1C(=O)N/N=C\c1ccc(OC(=O)c2ccc(OC)cc2)c(OC)c1.